The molecule has 0 spiro atoms. The van der Waals surface area contributed by atoms with Gasteiger partial charge in [0.15, 0.2) is 0 Å². The average Bonchev–Trinajstić information content (AvgIpc) is 3.54. The van der Waals surface area contributed by atoms with Crippen LogP contribution in [0.15, 0.2) is 104 Å². The Hall–Kier alpha value is -5.30. The van der Waals surface area contributed by atoms with Crippen LogP contribution in [0.2, 0.25) is 0 Å². The summed E-state index contributed by atoms with van der Waals surface area (Å²) in [5, 5.41) is 8.17. The fourth-order valence-corrected chi connectivity index (χ4v) is 6.77. The summed E-state index contributed by atoms with van der Waals surface area (Å²) in [7, 11) is 3.95. The van der Waals surface area contributed by atoms with E-state index in [1.54, 1.807) is 0 Å². The van der Waals surface area contributed by atoms with Crippen LogP contribution in [0.1, 0.15) is 40.7 Å². The lowest BCUT2D eigenvalue weighted by Crippen LogP contribution is -2.25. The van der Waals surface area contributed by atoms with Crippen LogP contribution in [0.4, 0.5) is 5.82 Å². The summed E-state index contributed by atoms with van der Waals surface area (Å²) in [6.45, 7) is 10.1. The van der Waals surface area contributed by atoms with Crippen LogP contribution in [0.5, 0.6) is 5.75 Å². The zero-order valence-corrected chi connectivity index (χ0v) is 27.7. The van der Waals surface area contributed by atoms with Gasteiger partial charge in [-0.05, 0) is 49.3 Å². The monoisotopic (exact) mass is 626 g/mol. The highest BCUT2D eigenvalue weighted by Gasteiger charge is 2.27. The Labute approximate surface area is 276 Å². The van der Waals surface area contributed by atoms with Crippen molar-refractivity contribution in [2.45, 2.75) is 33.2 Å². The number of aromatic nitrogens is 3. The Balaban J connectivity index is 1.40. The van der Waals surface area contributed by atoms with E-state index in [-0.39, 0.29) is 5.97 Å². The first-order chi connectivity index (χ1) is 22.9. The highest BCUT2D eigenvalue weighted by Crippen LogP contribution is 2.41. The molecular weight excluding hydrogens is 584 g/mol. The van der Waals surface area contributed by atoms with Crippen molar-refractivity contribution in [1.29, 1.82) is 0 Å². The van der Waals surface area contributed by atoms with Gasteiger partial charge in [0, 0.05) is 49.1 Å². The molecule has 0 aliphatic heterocycles. The van der Waals surface area contributed by atoms with Crippen LogP contribution in [0, 0.1) is 6.92 Å². The highest BCUT2D eigenvalue weighted by molar-refractivity contribution is 6.05. The van der Waals surface area contributed by atoms with Crippen molar-refractivity contribution in [3.05, 3.63) is 126 Å². The third-order valence-electron chi connectivity index (χ3n) is 8.69. The lowest BCUT2D eigenvalue weighted by molar-refractivity contribution is 0.0514. The van der Waals surface area contributed by atoms with Gasteiger partial charge in [0.2, 0.25) is 0 Å². The molecule has 0 amide bonds. The lowest BCUT2D eigenvalue weighted by atomic mass is 9.99. The summed E-state index contributed by atoms with van der Waals surface area (Å²) in [6, 6.07) is 31.1. The van der Waals surface area contributed by atoms with Crippen LogP contribution in [0.3, 0.4) is 0 Å². The van der Waals surface area contributed by atoms with Crippen molar-refractivity contribution in [2.75, 3.05) is 24.7 Å². The molecular formula is C40H42N4O3. The van der Waals surface area contributed by atoms with Crippen LogP contribution in [-0.4, -0.2) is 40.1 Å². The van der Waals surface area contributed by atoms with Gasteiger partial charge in [0.1, 0.15) is 17.3 Å². The summed E-state index contributed by atoms with van der Waals surface area (Å²) in [4.78, 5) is 15.8. The van der Waals surface area contributed by atoms with E-state index in [9.17, 15) is 4.79 Å². The van der Waals surface area contributed by atoms with Crippen molar-refractivity contribution in [3.63, 3.8) is 0 Å². The van der Waals surface area contributed by atoms with Gasteiger partial charge in [0.25, 0.3) is 0 Å². The molecule has 240 valence electrons. The number of carbonyl (C=O) groups is 1. The van der Waals surface area contributed by atoms with E-state index in [0.717, 1.165) is 62.0 Å². The van der Waals surface area contributed by atoms with Gasteiger partial charge < -0.3 is 18.9 Å². The Bertz CT molecular complexity index is 2030. The number of fused-ring (bicyclic) bond motifs is 2. The first-order valence-electron chi connectivity index (χ1n) is 16.2. The summed E-state index contributed by atoms with van der Waals surface area (Å²) in [6.07, 6.45) is 3.32. The molecule has 0 fully saturated rings. The van der Waals surface area contributed by atoms with Gasteiger partial charge in [-0.15, -0.1) is 6.58 Å². The number of nitrogens with zero attached hydrogens (tertiary/aromatic N) is 4. The zero-order chi connectivity index (χ0) is 32.9. The Morgan fingerprint density at radius 3 is 2.45 bits per heavy atom. The molecule has 2 heterocycles. The zero-order valence-electron chi connectivity index (χ0n) is 27.7. The van der Waals surface area contributed by atoms with Gasteiger partial charge >= 0.3 is 5.97 Å². The molecule has 0 saturated heterocycles. The van der Waals surface area contributed by atoms with Crippen molar-refractivity contribution < 1.29 is 14.3 Å². The van der Waals surface area contributed by atoms with Crippen molar-refractivity contribution in [3.8, 4) is 16.9 Å². The number of anilines is 1. The van der Waals surface area contributed by atoms with Gasteiger partial charge in [-0.1, -0.05) is 91.0 Å². The Morgan fingerprint density at radius 1 is 0.936 bits per heavy atom. The van der Waals surface area contributed by atoms with Gasteiger partial charge in [-0.2, -0.15) is 5.10 Å². The fraction of sp³-hybridized carbons (Fsp3) is 0.250. The van der Waals surface area contributed by atoms with Crippen molar-refractivity contribution in [1.82, 2.24) is 14.3 Å². The normalized spacial score (nSPS) is 11.2. The number of hydrogen-bond donors (Lipinski definition) is 0. The molecule has 0 aliphatic carbocycles. The number of ether oxygens (including phenoxy) is 2. The molecule has 0 unspecified atom stereocenters. The number of para-hydroxylation sites is 1. The molecule has 0 saturated carbocycles. The largest absolute Gasteiger partial charge is 0.493 e. The number of carbonyl (C=O) groups excluding carboxylic acids is 1. The maximum absolute atomic E-state index is 13.5. The number of benzene rings is 4. The summed E-state index contributed by atoms with van der Waals surface area (Å²) in [5.74, 6) is 1.55. The van der Waals surface area contributed by atoms with E-state index >= 15 is 0 Å². The van der Waals surface area contributed by atoms with E-state index in [0.29, 0.717) is 38.4 Å². The Morgan fingerprint density at radius 2 is 1.66 bits per heavy atom. The first-order valence-corrected chi connectivity index (χ1v) is 16.2. The highest BCUT2D eigenvalue weighted by atomic mass is 16.5. The minimum Gasteiger partial charge on any atom is -0.493 e. The molecule has 0 aliphatic rings. The van der Waals surface area contributed by atoms with Crippen LogP contribution in [0.25, 0.3) is 32.8 Å². The molecule has 6 rings (SSSR count). The second-order valence-electron chi connectivity index (χ2n) is 11.8. The third kappa shape index (κ3) is 6.26. The second kappa shape index (κ2) is 14.0. The van der Waals surface area contributed by atoms with E-state index in [1.165, 1.54) is 5.56 Å². The summed E-state index contributed by atoms with van der Waals surface area (Å²) >= 11 is 0. The van der Waals surface area contributed by atoms with Crippen LogP contribution < -0.4 is 9.64 Å². The lowest BCUT2D eigenvalue weighted by Gasteiger charge is -2.25. The predicted molar refractivity (Wildman–Crippen MR) is 191 cm³/mol. The van der Waals surface area contributed by atoms with E-state index in [4.69, 9.17) is 14.6 Å². The molecule has 0 bridgehead atoms. The maximum Gasteiger partial charge on any atom is 0.355 e. The fourth-order valence-electron chi connectivity index (χ4n) is 6.77. The molecule has 0 radical (unpaired) electrons. The average molecular weight is 627 g/mol. The van der Waals surface area contributed by atoms with Gasteiger partial charge in [0.05, 0.1) is 24.4 Å². The number of aryl methyl sites for hydroxylation is 4. The quantitative estimate of drug-likeness (QED) is 0.0732. The van der Waals surface area contributed by atoms with E-state index in [1.807, 2.05) is 73.6 Å². The standard InChI is InChI=1S/C40H42N4O3/c1-6-25-44(27-29-16-9-8-10-17-29)39-36(28(3)41-43(39)5)34-22-14-21-32-33(38(40(45)46-7-2)42(4)37(32)34)23-15-26-47-35-24-13-19-30-18-11-12-20-31(30)35/h6,8-14,16-22,24H,1,7,15,23,25-27H2,2-5H3. The Kier molecular flexibility index (Phi) is 9.43. The molecule has 7 nitrogen and oxygen atoms in total. The van der Waals surface area contributed by atoms with Crippen molar-refractivity contribution >= 4 is 33.5 Å². The van der Waals surface area contributed by atoms with E-state index < -0.39 is 0 Å². The first kappa shape index (κ1) is 31.7. The predicted octanol–water partition coefficient (Wildman–Crippen LogP) is 8.42. The number of esters is 1. The summed E-state index contributed by atoms with van der Waals surface area (Å²) < 4.78 is 15.9. The minimum absolute atomic E-state index is 0.304. The van der Waals surface area contributed by atoms with Gasteiger partial charge in [-0.25, -0.2) is 4.79 Å². The number of hydrogen-bond acceptors (Lipinski definition) is 5. The topological polar surface area (TPSA) is 61.5 Å². The molecule has 0 atom stereocenters. The molecule has 47 heavy (non-hydrogen) atoms. The smallest absolute Gasteiger partial charge is 0.355 e. The van der Waals surface area contributed by atoms with Crippen LogP contribution in [-0.2, 0) is 31.8 Å². The minimum atomic E-state index is -0.317. The molecule has 4 aromatic carbocycles. The number of rotatable bonds is 13. The van der Waals surface area contributed by atoms with E-state index in [2.05, 4.69) is 72.1 Å². The SMILES string of the molecule is C=CCN(Cc1ccccc1)c1c(-c2cccc3c(CCCOc4cccc5ccccc45)c(C(=O)OCC)n(C)c23)c(C)nn1C. The summed E-state index contributed by atoms with van der Waals surface area (Å²) in [5.41, 5.74) is 6.72. The van der Waals surface area contributed by atoms with Crippen LogP contribution >= 0.6 is 0 Å². The third-order valence-corrected chi connectivity index (χ3v) is 8.69. The molecule has 0 N–H and O–H groups in total. The maximum atomic E-state index is 13.5. The van der Waals surface area contributed by atoms with Gasteiger partial charge in [-0.3, -0.25) is 4.68 Å². The molecule has 7 heteroatoms. The second-order valence-corrected chi connectivity index (χ2v) is 11.8. The molecule has 6 aromatic rings. The van der Waals surface area contributed by atoms with Crippen molar-refractivity contribution in [2.24, 2.45) is 14.1 Å². The molecule has 2 aromatic heterocycles.